The molecule has 0 aliphatic carbocycles. The van der Waals surface area contributed by atoms with Crippen LogP contribution < -0.4 is 0 Å². The highest BCUT2D eigenvalue weighted by molar-refractivity contribution is 5.80. The van der Waals surface area contributed by atoms with Gasteiger partial charge in [-0.15, -0.1) is 0 Å². The summed E-state index contributed by atoms with van der Waals surface area (Å²) in [5.74, 6) is -0.964. The first-order valence-electron chi connectivity index (χ1n) is 3.07. The van der Waals surface area contributed by atoms with Crippen LogP contribution in [-0.2, 0) is 4.79 Å². The molecular formula is C9H10O2. The van der Waals surface area contributed by atoms with E-state index in [0.29, 0.717) is 0 Å². The molecule has 0 unspecified atom stereocenters. The molecule has 0 aliphatic heterocycles. The molecule has 0 saturated carbocycles. The maximum atomic E-state index is 9.99. The summed E-state index contributed by atoms with van der Waals surface area (Å²) in [6, 6.07) is 0. The molecule has 0 saturated heterocycles. The number of allylic oxidation sites excluding steroid dienone is 5. The normalized spacial score (nSPS) is 9.09. The number of hydrogen-bond acceptors (Lipinski definition) is 1. The summed E-state index contributed by atoms with van der Waals surface area (Å²) in [5.41, 5.74) is 0.794. The Labute approximate surface area is 65.9 Å². The lowest BCUT2D eigenvalue weighted by Crippen LogP contribution is -1.84. The van der Waals surface area contributed by atoms with Crippen LogP contribution in [0.2, 0.25) is 0 Å². The van der Waals surface area contributed by atoms with E-state index in [1.54, 1.807) is 18.2 Å². The molecule has 0 radical (unpaired) electrons. The highest BCUT2D eigenvalue weighted by Gasteiger charge is 1.82. The summed E-state index contributed by atoms with van der Waals surface area (Å²) in [6.45, 7) is 7.02. The first kappa shape index (κ1) is 9.43. The molecule has 0 aromatic carbocycles. The Morgan fingerprint density at radius 1 is 1.27 bits per heavy atom. The number of carboxylic acid groups (broad SMARTS) is 1. The zero-order chi connectivity index (χ0) is 8.69. The Morgan fingerprint density at radius 2 is 1.82 bits per heavy atom. The molecule has 1 N–H and O–H groups in total. The van der Waals surface area contributed by atoms with Gasteiger partial charge < -0.3 is 5.11 Å². The summed E-state index contributed by atoms with van der Waals surface area (Å²) in [5, 5.41) is 8.20. The Hall–Kier alpha value is -1.57. The molecule has 0 fully saturated rings. The van der Waals surface area contributed by atoms with Gasteiger partial charge in [-0.3, -0.25) is 0 Å². The molecule has 0 aromatic rings. The van der Waals surface area contributed by atoms with Gasteiger partial charge in [0.25, 0.3) is 0 Å². The van der Waals surface area contributed by atoms with Crippen molar-refractivity contribution in [1.29, 1.82) is 0 Å². The highest BCUT2D eigenvalue weighted by atomic mass is 16.4. The average Bonchev–Trinajstić information content (AvgIpc) is 1.98. The lowest BCUT2D eigenvalue weighted by molar-refractivity contribution is -0.131. The SMILES string of the molecule is C=CC(C=C)=C/C=C/C(=O)O. The van der Waals surface area contributed by atoms with Crippen LogP contribution >= 0.6 is 0 Å². The van der Waals surface area contributed by atoms with E-state index in [2.05, 4.69) is 13.2 Å². The molecule has 11 heavy (non-hydrogen) atoms. The average molecular weight is 150 g/mol. The van der Waals surface area contributed by atoms with Crippen molar-refractivity contribution in [3.05, 3.63) is 49.1 Å². The molecule has 0 bridgehead atoms. The van der Waals surface area contributed by atoms with Crippen molar-refractivity contribution in [2.45, 2.75) is 0 Å². The van der Waals surface area contributed by atoms with Crippen molar-refractivity contribution in [2.24, 2.45) is 0 Å². The van der Waals surface area contributed by atoms with Gasteiger partial charge in [0.05, 0.1) is 0 Å². The van der Waals surface area contributed by atoms with Gasteiger partial charge in [0, 0.05) is 6.08 Å². The molecular weight excluding hydrogens is 140 g/mol. The van der Waals surface area contributed by atoms with Crippen LogP contribution in [0.3, 0.4) is 0 Å². The Kier molecular flexibility index (Phi) is 4.49. The Bertz CT molecular complexity index is 212. The summed E-state index contributed by atoms with van der Waals surface area (Å²) in [4.78, 5) is 9.99. The maximum Gasteiger partial charge on any atom is 0.328 e. The quantitative estimate of drug-likeness (QED) is 0.491. The zero-order valence-electron chi connectivity index (χ0n) is 6.16. The molecule has 2 heteroatoms. The smallest absolute Gasteiger partial charge is 0.328 e. The third kappa shape index (κ3) is 4.90. The van der Waals surface area contributed by atoms with Crippen molar-refractivity contribution in [3.63, 3.8) is 0 Å². The lowest BCUT2D eigenvalue weighted by Gasteiger charge is -1.85. The monoisotopic (exact) mass is 150 g/mol. The summed E-state index contributed by atoms with van der Waals surface area (Å²) >= 11 is 0. The Balaban J connectivity index is 4.19. The Morgan fingerprint density at radius 3 is 2.18 bits per heavy atom. The van der Waals surface area contributed by atoms with Crippen molar-refractivity contribution in [2.75, 3.05) is 0 Å². The van der Waals surface area contributed by atoms with Gasteiger partial charge in [0.2, 0.25) is 0 Å². The van der Waals surface area contributed by atoms with Gasteiger partial charge in [-0.1, -0.05) is 37.5 Å². The van der Waals surface area contributed by atoms with Crippen LogP contribution in [0, 0.1) is 0 Å². The first-order chi connectivity index (χ1) is 5.20. The van der Waals surface area contributed by atoms with Crippen LogP contribution in [0.1, 0.15) is 0 Å². The fourth-order valence-electron chi connectivity index (χ4n) is 0.461. The van der Waals surface area contributed by atoms with E-state index in [-0.39, 0.29) is 0 Å². The second kappa shape index (κ2) is 5.23. The predicted molar refractivity (Wildman–Crippen MR) is 45.3 cm³/mol. The second-order valence-electron chi connectivity index (χ2n) is 1.77. The van der Waals surface area contributed by atoms with E-state index in [1.807, 2.05) is 0 Å². The van der Waals surface area contributed by atoms with Crippen LogP contribution in [0.25, 0.3) is 0 Å². The van der Waals surface area contributed by atoms with Gasteiger partial charge in [-0.25, -0.2) is 4.79 Å². The lowest BCUT2D eigenvalue weighted by atomic mass is 10.2. The summed E-state index contributed by atoms with van der Waals surface area (Å²) < 4.78 is 0. The first-order valence-corrected chi connectivity index (χ1v) is 3.07. The van der Waals surface area contributed by atoms with Crippen molar-refractivity contribution in [1.82, 2.24) is 0 Å². The molecule has 0 spiro atoms. The minimum Gasteiger partial charge on any atom is -0.478 e. The largest absolute Gasteiger partial charge is 0.478 e. The zero-order valence-corrected chi connectivity index (χ0v) is 6.16. The third-order valence-corrected chi connectivity index (χ3v) is 0.999. The van der Waals surface area contributed by atoms with Crippen molar-refractivity contribution < 1.29 is 9.90 Å². The molecule has 0 rings (SSSR count). The third-order valence-electron chi connectivity index (χ3n) is 0.999. The molecule has 0 amide bonds. The fraction of sp³-hybridized carbons (Fsp3) is 0. The van der Waals surface area contributed by atoms with Gasteiger partial charge in [0.15, 0.2) is 0 Å². The van der Waals surface area contributed by atoms with Gasteiger partial charge in [-0.2, -0.15) is 0 Å². The number of aliphatic carboxylic acids is 1. The molecule has 2 nitrogen and oxygen atoms in total. The van der Waals surface area contributed by atoms with Crippen LogP contribution in [-0.4, -0.2) is 11.1 Å². The summed E-state index contributed by atoms with van der Waals surface area (Å²) in [7, 11) is 0. The van der Waals surface area contributed by atoms with Crippen molar-refractivity contribution >= 4 is 5.97 Å². The maximum absolute atomic E-state index is 9.99. The molecule has 0 atom stereocenters. The van der Waals surface area contributed by atoms with Gasteiger partial charge in [-0.05, 0) is 5.57 Å². The van der Waals surface area contributed by atoms with E-state index in [4.69, 9.17) is 5.11 Å². The van der Waals surface area contributed by atoms with Gasteiger partial charge in [0.1, 0.15) is 0 Å². The number of rotatable bonds is 4. The van der Waals surface area contributed by atoms with Crippen LogP contribution in [0.15, 0.2) is 49.1 Å². The number of carbonyl (C=O) groups is 1. The molecule has 0 aliphatic rings. The summed E-state index contributed by atoms with van der Waals surface area (Å²) in [6.07, 6.45) is 7.29. The van der Waals surface area contributed by atoms with Crippen molar-refractivity contribution in [3.8, 4) is 0 Å². The van der Waals surface area contributed by atoms with Crippen LogP contribution in [0.4, 0.5) is 0 Å². The van der Waals surface area contributed by atoms with E-state index in [1.165, 1.54) is 6.08 Å². The number of carboxylic acids is 1. The molecule has 0 heterocycles. The molecule has 0 aromatic heterocycles. The van der Waals surface area contributed by atoms with E-state index in [0.717, 1.165) is 11.6 Å². The minimum atomic E-state index is -0.964. The van der Waals surface area contributed by atoms with Crippen LogP contribution in [0.5, 0.6) is 0 Å². The molecule has 58 valence electrons. The van der Waals surface area contributed by atoms with E-state index >= 15 is 0 Å². The second-order valence-corrected chi connectivity index (χ2v) is 1.77. The van der Waals surface area contributed by atoms with Gasteiger partial charge >= 0.3 is 5.97 Å². The minimum absolute atomic E-state index is 0.794. The predicted octanol–water partition coefficient (Wildman–Crippen LogP) is 1.93. The fourth-order valence-corrected chi connectivity index (χ4v) is 0.461. The standard InChI is InChI=1S/C9H10O2/c1-3-8(4-2)6-5-7-9(10)11/h3-7H,1-2H2,(H,10,11)/b7-5+. The topological polar surface area (TPSA) is 37.3 Å². The highest BCUT2D eigenvalue weighted by Crippen LogP contribution is 1.95. The number of hydrogen-bond donors (Lipinski definition) is 1. The van der Waals surface area contributed by atoms with E-state index in [9.17, 15) is 4.79 Å². The van der Waals surface area contributed by atoms with E-state index < -0.39 is 5.97 Å².